The van der Waals surface area contributed by atoms with Crippen LogP contribution in [0.3, 0.4) is 0 Å². The molecule has 0 aliphatic heterocycles. The second-order valence-corrected chi connectivity index (χ2v) is 3.12. The van der Waals surface area contributed by atoms with E-state index in [0.717, 1.165) is 13.1 Å². The molecular formula is C8H20N2O. The van der Waals surface area contributed by atoms with Crippen LogP contribution in [0.25, 0.3) is 0 Å². The number of rotatable bonds is 5. The van der Waals surface area contributed by atoms with E-state index in [1.165, 1.54) is 0 Å². The Morgan fingerprint density at radius 3 is 2.27 bits per heavy atom. The predicted molar refractivity (Wildman–Crippen MR) is 47.4 cm³/mol. The largest absolute Gasteiger partial charge is 0.395 e. The van der Waals surface area contributed by atoms with Gasteiger partial charge in [0.2, 0.25) is 0 Å². The van der Waals surface area contributed by atoms with E-state index in [1.807, 2.05) is 0 Å². The topological polar surface area (TPSA) is 49.5 Å². The van der Waals surface area contributed by atoms with E-state index in [4.69, 9.17) is 10.8 Å². The van der Waals surface area contributed by atoms with Gasteiger partial charge in [-0.1, -0.05) is 6.92 Å². The molecule has 1 atom stereocenters. The van der Waals surface area contributed by atoms with Crippen LogP contribution in [0.5, 0.6) is 0 Å². The summed E-state index contributed by atoms with van der Waals surface area (Å²) in [5, 5.41) is 8.71. The van der Waals surface area contributed by atoms with Crippen molar-refractivity contribution < 1.29 is 5.11 Å². The molecule has 0 rings (SSSR count). The fourth-order valence-corrected chi connectivity index (χ4v) is 1.06. The summed E-state index contributed by atoms with van der Waals surface area (Å²) in [6.45, 7) is 8.21. The van der Waals surface area contributed by atoms with Crippen molar-refractivity contribution in [2.45, 2.75) is 32.9 Å². The van der Waals surface area contributed by atoms with E-state index in [0.29, 0.717) is 6.04 Å². The Bertz CT molecular complexity index is 96.1. The molecule has 0 aromatic carbocycles. The Morgan fingerprint density at radius 2 is 2.00 bits per heavy atom. The molecule has 0 saturated carbocycles. The Morgan fingerprint density at radius 1 is 1.45 bits per heavy atom. The standard InChI is InChI=1S/C8H20N2O/c1-4-10(7(2)3)5-8(9)6-11/h7-8,11H,4-6,9H2,1-3H3. The summed E-state index contributed by atoms with van der Waals surface area (Å²) in [4.78, 5) is 2.24. The highest BCUT2D eigenvalue weighted by Crippen LogP contribution is 1.97. The van der Waals surface area contributed by atoms with Gasteiger partial charge in [-0.2, -0.15) is 0 Å². The summed E-state index contributed by atoms with van der Waals surface area (Å²) in [5.41, 5.74) is 5.60. The predicted octanol–water partition coefficient (Wildman–Crippen LogP) is 0.0363. The number of aliphatic hydroxyl groups excluding tert-OH is 1. The molecule has 0 fully saturated rings. The van der Waals surface area contributed by atoms with Crippen LogP contribution in [0.4, 0.5) is 0 Å². The third-order valence-electron chi connectivity index (χ3n) is 1.84. The second-order valence-electron chi connectivity index (χ2n) is 3.12. The van der Waals surface area contributed by atoms with Gasteiger partial charge in [0.15, 0.2) is 0 Å². The van der Waals surface area contributed by atoms with Gasteiger partial charge in [-0.05, 0) is 20.4 Å². The van der Waals surface area contributed by atoms with Crippen molar-refractivity contribution in [3.8, 4) is 0 Å². The van der Waals surface area contributed by atoms with Crippen molar-refractivity contribution in [1.29, 1.82) is 0 Å². The normalized spacial score (nSPS) is 14.5. The lowest BCUT2D eigenvalue weighted by atomic mass is 10.2. The van der Waals surface area contributed by atoms with Gasteiger partial charge >= 0.3 is 0 Å². The number of hydrogen-bond donors (Lipinski definition) is 2. The lowest BCUT2D eigenvalue weighted by molar-refractivity contribution is 0.180. The summed E-state index contributed by atoms with van der Waals surface area (Å²) in [7, 11) is 0. The zero-order valence-electron chi connectivity index (χ0n) is 7.75. The monoisotopic (exact) mass is 160 g/mol. The quantitative estimate of drug-likeness (QED) is 0.597. The molecular weight excluding hydrogens is 140 g/mol. The average molecular weight is 160 g/mol. The Labute approximate surface area is 69.2 Å². The van der Waals surface area contributed by atoms with Gasteiger partial charge in [0.1, 0.15) is 0 Å². The van der Waals surface area contributed by atoms with Gasteiger partial charge in [0.05, 0.1) is 6.61 Å². The number of likely N-dealkylation sites (N-methyl/N-ethyl adjacent to an activating group) is 1. The maximum absolute atomic E-state index is 8.71. The molecule has 0 heterocycles. The summed E-state index contributed by atoms with van der Waals surface area (Å²) in [5.74, 6) is 0. The van der Waals surface area contributed by atoms with E-state index in [1.54, 1.807) is 0 Å². The summed E-state index contributed by atoms with van der Waals surface area (Å²) in [6, 6.07) is 0.412. The Balaban J connectivity index is 3.68. The molecule has 0 amide bonds. The average Bonchev–Trinajstić information content (AvgIpc) is 1.99. The zero-order chi connectivity index (χ0) is 8.85. The SMILES string of the molecule is CCN(CC(N)CO)C(C)C. The molecule has 3 N–H and O–H groups in total. The molecule has 0 spiro atoms. The summed E-state index contributed by atoms with van der Waals surface area (Å²) >= 11 is 0. The smallest absolute Gasteiger partial charge is 0.0595 e. The van der Waals surface area contributed by atoms with Crippen molar-refractivity contribution in [3.63, 3.8) is 0 Å². The van der Waals surface area contributed by atoms with Gasteiger partial charge in [-0.15, -0.1) is 0 Å². The van der Waals surface area contributed by atoms with Crippen LogP contribution in [0.1, 0.15) is 20.8 Å². The van der Waals surface area contributed by atoms with E-state index in [9.17, 15) is 0 Å². The molecule has 3 heteroatoms. The molecule has 0 aromatic rings. The molecule has 1 unspecified atom stereocenters. The van der Waals surface area contributed by atoms with E-state index < -0.39 is 0 Å². The lowest BCUT2D eigenvalue weighted by Gasteiger charge is -2.26. The van der Waals surface area contributed by atoms with Crippen molar-refractivity contribution >= 4 is 0 Å². The van der Waals surface area contributed by atoms with Crippen LogP contribution in [-0.2, 0) is 0 Å². The van der Waals surface area contributed by atoms with Crippen LogP contribution < -0.4 is 5.73 Å². The zero-order valence-corrected chi connectivity index (χ0v) is 7.75. The first-order valence-electron chi connectivity index (χ1n) is 4.22. The van der Waals surface area contributed by atoms with Crippen molar-refractivity contribution in [1.82, 2.24) is 4.90 Å². The van der Waals surface area contributed by atoms with Crippen molar-refractivity contribution in [2.24, 2.45) is 5.73 Å². The van der Waals surface area contributed by atoms with Crippen LogP contribution in [0.2, 0.25) is 0 Å². The molecule has 0 aliphatic carbocycles. The van der Waals surface area contributed by atoms with Crippen LogP contribution in [0.15, 0.2) is 0 Å². The number of nitrogens with two attached hydrogens (primary N) is 1. The molecule has 3 nitrogen and oxygen atoms in total. The van der Waals surface area contributed by atoms with Gasteiger partial charge < -0.3 is 10.8 Å². The second kappa shape index (κ2) is 5.52. The number of aliphatic hydroxyl groups is 1. The minimum Gasteiger partial charge on any atom is -0.395 e. The molecule has 0 aliphatic rings. The van der Waals surface area contributed by atoms with Crippen LogP contribution in [0, 0.1) is 0 Å². The minimum atomic E-state index is -0.0997. The maximum Gasteiger partial charge on any atom is 0.0595 e. The minimum absolute atomic E-state index is 0.0726. The van der Waals surface area contributed by atoms with Crippen molar-refractivity contribution in [3.05, 3.63) is 0 Å². The highest BCUT2D eigenvalue weighted by molar-refractivity contribution is 4.68. The lowest BCUT2D eigenvalue weighted by Crippen LogP contribution is -2.42. The third kappa shape index (κ3) is 4.35. The van der Waals surface area contributed by atoms with E-state index in [-0.39, 0.29) is 12.6 Å². The first kappa shape index (κ1) is 10.9. The van der Waals surface area contributed by atoms with Gasteiger partial charge in [0, 0.05) is 18.6 Å². The fourth-order valence-electron chi connectivity index (χ4n) is 1.06. The van der Waals surface area contributed by atoms with Crippen LogP contribution in [-0.4, -0.2) is 41.8 Å². The Hall–Kier alpha value is -0.120. The van der Waals surface area contributed by atoms with Gasteiger partial charge in [-0.25, -0.2) is 0 Å². The van der Waals surface area contributed by atoms with Gasteiger partial charge in [0.25, 0.3) is 0 Å². The highest BCUT2D eigenvalue weighted by Gasteiger charge is 2.10. The maximum atomic E-state index is 8.71. The van der Waals surface area contributed by atoms with Crippen LogP contribution >= 0.6 is 0 Å². The molecule has 0 bridgehead atoms. The molecule has 0 aromatic heterocycles. The number of nitrogens with zero attached hydrogens (tertiary/aromatic N) is 1. The van der Waals surface area contributed by atoms with E-state index in [2.05, 4.69) is 25.7 Å². The first-order valence-corrected chi connectivity index (χ1v) is 4.22. The third-order valence-corrected chi connectivity index (χ3v) is 1.84. The molecule has 68 valence electrons. The van der Waals surface area contributed by atoms with E-state index >= 15 is 0 Å². The fraction of sp³-hybridized carbons (Fsp3) is 1.00. The summed E-state index contributed by atoms with van der Waals surface area (Å²) < 4.78 is 0. The molecule has 0 radical (unpaired) electrons. The molecule has 0 saturated heterocycles. The van der Waals surface area contributed by atoms with Gasteiger partial charge in [-0.3, -0.25) is 4.90 Å². The number of hydrogen-bond acceptors (Lipinski definition) is 3. The Kier molecular flexibility index (Phi) is 5.46. The van der Waals surface area contributed by atoms with Crippen molar-refractivity contribution in [2.75, 3.05) is 19.7 Å². The highest BCUT2D eigenvalue weighted by atomic mass is 16.3. The summed E-state index contributed by atoms with van der Waals surface area (Å²) in [6.07, 6.45) is 0. The first-order chi connectivity index (χ1) is 5.11. The molecule has 11 heavy (non-hydrogen) atoms.